The van der Waals surface area contributed by atoms with Crippen molar-refractivity contribution in [2.75, 3.05) is 0 Å². The van der Waals surface area contributed by atoms with Crippen molar-refractivity contribution in [3.8, 4) is 5.69 Å². The molecule has 2 heterocycles. The average Bonchev–Trinajstić information content (AvgIpc) is 3.26. The van der Waals surface area contributed by atoms with E-state index in [-0.39, 0.29) is 5.91 Å². The highest BCUT2D eigenvalue weighted by atomic mass is 32.1. The Labute approximate surface area is 152 Å². The van der Waals surface area contributed by atoms with E-state index in [4.69, 9.17) is 0 Å². The molecule has 3 nitrogen and oxygen atoms in total. The Bertz CT molecular complexity index is 876. The number of nitrogens with one attached hydrogen (secondary N) is 1. The van der Waals surface area contributed by atoms with Crippen LogP contribution in [0.1, 0.15) is 45.0 Å². The van der Waals surface area contributed by atoms with Crippen LogP contribution < -0.4 is 5.32 Å². The summed E-state index contributed by atoms with van der Waals surface area (Å²) >= 11 is 1.66. The maximum atomic E-state index is 12.3. The highest BCUT2D eigenvalue weighted by molar-refractivity contribution is 7.09. The maximum Gasteiger partial charge on any atom is 0.251 e. The van der Waals surface area contributed by atoms with Gasteiger partial charge < -0.3 is 9.88 Å². The summed E-state index contributed by atoms with van der Waals surface area (Å²) in [6, 6.07) is 14.3. The van der Waals surface area contributed by atoms with Crippen molar-refractivity contribution in [3.63, 3.8) is 0 Å². The molecule has 0 aliphatic heterocycles. The van der Waals surface area contributed by atoms with Gasteiger partial charge in [-0.3, -0.25) is 4.79 Å². The number of carbonyl (C=O) groups excluding carboxylic acids is 1. The molecular weight excluding hydrogens is 328 g/mol. The normalized spacial score (nSPS) is 13.5. The van der Waals surface area contributed by atoms with E-state index in [1.54, 1.807) is 11.3 Å². The van der Waals surface area contributed by atoms with Crippen molar-refractivity contribution in [2.45, 2.75) is 39.2 Å². The van der Waals surface area contributed by atoms with Gasteiger partial charge in [0.2, 0.25) is 0 Å². The van der Waals surface area contributed by atoms with Crippen LogP contribution in [0.4, 0.5) is 0 Å². The molecule has 0 bridgehead atoms. The smallest absolute Gasteiger partial charge is 0.251 e. The molecule has 0 radical (unpaired) electrons. The van der Waals surface area contributed by atoms with Crippen LogP contribution in [-0.2, 0) is 19.4 Å². The number of carbonyl (C=O) groups is 1. The minimum atomic E-state index is -0.0220. The highest BCUT2D eigenvalue weighted by Crippen LogP contribution is 2.28. The van der Waals surface area contributed by atoms with Gasteiger partial charge in [0.05, 0.1) is 6.54 Å². The zero-order valence-electron chi connectivity index (χ0n) is 14.4. The first-order valence-corrected chi connectivity index (χ1v) is 9.71. The molecule has 0 spiro atoms. The van der Waals surface area contributed by atoms with Gasteiger partial charge in [0.25, 0.3) is 5.91 Å². The largest absolute Gasteiger partial charge is 0.347 e. The number of fused-ring (bicyclic) bond motifs is 1. The minimum Gasteiger partial charge on any atom is -0.347 e. The Morgan fingerprint density at radius 1 is 1.16 bits per heavy atom. The van der Waals surface area contributed by atoms with Gasteiger partial charge in [-0.25, -0.2) is 0 Å². The van der Waals surface area contributed by atoms with Crippen LogP contribution in [-0.4, -0.2) is 10.5 Å². The number of benzene rings is 1. The van der Waals surface area contributed by atoms with E-state index in [1.165, 1.54) is 41.1 Å². The lowest BCUT2D eigenvalue weighted by atomic mass is 9.98. The molecular formula is C21H22N2OS. The minimum absolute atomic E-state index is 0.0220. The first-order valence-electron chi connectivity index (χ1n) is 8.83. The molecule has 0 atom stereocenters. The quantitative estimate of drug-likeness (QED) is 0.730. The second-order valence-corrected chi connectivity index (χ2v) is 7.64. The fourth-order valence-corrected chi connectivity index (χ4v) is 4.30. The summed E-state index contributed by atoms with van der Waals surface area (Å²) in [5.41, 5.74) is 6.07. The number of rotatable bonds is 4. The molecule has 0 saturated carbocycles. The van der Waals surface area contributed by atoms with Crippen molar-refractivity contribution in [3.05, 3.63) is 75.2 Å². The molecule has 3 aromatic rings. The van der Waals surface area contributed by atoms with E-state index >= 15 is 0 Å². The molecule has 1 amide bonds. The lowest BCUT2D eigenvalue weighted by Gasteiger charge is -2.17. The van der Waals surface area contributed by atoms with Gasteiger partial charge in [0.1, 0.15) is 0 Å². The summed E-state index contributed by atoms with van der Waals surface area (Å²) in [5, 5.41) is 5.01. The van der Waals surface area contributed by atoms with Gasteiger partial charge in [-0.05, 0) is 79.9 Å². The molecule has 2 aromatic heterocycles. The summed E-state index contributed by atoms with van der Waals surface area (Å²) < 4.78 is 2.35. The first kappa shape index (κ1) is 16.2. The standard InChI is InChI=1S/C21H22N2OS/c1-15-13-17-5-2-3-7-20(17)23(15)18-10-8-16(9-11-18)21(24)22-14-19-6-4-12-25-19/h4,6,8-13H,2-3,5,7,14H2,1H3,(H,22,24). The molecule has 1 N–H and O–H groups in total. The Balaban J connectivity index is 1.52. The van der Waals surface area contributed by atoms with Crippen LogP contribution in [0.2, 0.25) is 0 Å². The topological polar surface area (TPSA) is 34.0 Å². The van der Waals surface area contributed by atoms with E-state index in [2.05, 4.69) is 35.0 Å². The van der Waals surface area contributed by atoms with Gasteiger partial charge in [0.15, 0.2) is 0 Å². The van der Waals surface area contributed by atoms with Crippen LogP contribution in [0.15, 0.2) is 47.8 Å². The van der Waals surface area contributed by atoms with Crippen LogP contribution in [0.3, 0.4) is 0 Å². The third kappa shape index (κ3) is 3.27. The van der Waals surface area contributed by atoms with E-state index in [0.717, 1.165) is 12.1 Å². The summed E-state index contributed by atoms with van der Waals surface area (Å²) in [6.45, 7) is 2.75. The molecule has 0 saturated heterocycles. The van der Waals surface area contributed by atoms with E-state index < -0.39 is 0 Å². The molecule has 1 aliphatic rings. The summed E-state index contributed by atoms with van der Waals surface area (Å²) in [7, 11) is 0. The number of aryl methyl sites for hydroxylation is 2. The fraction of sp³-hybridized carbons (Fsp3) is 0.286. The van der Waals surface area contributed by atoms with Crippen molar-refractivity contribution in [1.82, 2.24) is 9.88 Å². The first-order chi connectivity index (χ1) is 12.2. The molecule has 1 aromatic carbocycles. The second kappa shape index (κ2) is 6.89. The highest BCUT2D eigenvalue weighted by Gasteiger charge is 2.17. The molecule has 25 heavy (non-hydrogen) atoms. The Hall–Kier alpha value is -2.33. The SMILES string of the molecule is Cc1cc2c(n1-c1ccc(C(=O)NCc3cccs3)cc1)CCCC2. The lowest BCUT2D eigenvalue weighted by Crippen LogP contribution is -2.22. The third-order valence-corrected chi connectivity index (χ3v) is 5.75. The van der Waals surface area contributed by atoms with Crippen LogP contribution >= 0.6 is 11.3 Å². The second-order valence-electron chi connectivity index (χ2n) is 6.61. The van der Waals surface area contributed by atoms with Crippen molar-refractivity contribution < 1.29 is 4.79 Å². The van der Waals surface area contributed by atoms with Crippen molar-refractivity contribution in [2.24, 2.45) is 0 Å². The number of hydrogen-bond donors (Lipinski definition) is 1. The molecule has 0 unspecified atom stereocenters. The molecule has 4 heteroatoms. The third-order valence-electron chi connectivity index (χ3n) is 4.88. The number of hydrogen-bond acceptors (Lipinski definition) is 2. The predicted octanol–water partition coefficient (Wildman–Crippen LogP) is 4.66. The number of nitrogens with zero attached hydrogens (tertiary/aromatic N) is 1. The zero-order valence-corrected chi connectivity index (χ0v) is 15.2. The molecule has 128 valence electrons. The van der Waals surface area contributed by atoms with Gasteiger partial charge in [0, 0.05) is 27.5 Å². The van der Waals surface area contributed by atoms with Gasteiger partial charge >= 0.3 is 0 Å². The lowest BCUT2D eigenvalue weighted by molar-refractivity contribution is 0.0951. The van der Waals surface area contributed by atoms with E-state index in [9.17, 15) is 4.79 Å². The summed E-state index contributed by atoms with van der Waals surface area (Å²) in [4.78, 5) is 13.5. The maximum absolute atomic E-state index is 12.3. The Morgan fingerprint density at radius 2 is 1.96 bits per heavy atom. The molecule has 4 rings (SSSR count). The van der Waals surface area contributed by atoms with Gasteiger partial charge in [-0.15, -0.1) is 11.3 Å². The number of amides is 1. The molecule has 0 fully saturated rings. The van der Waals surface area contributed by atoms with Crippen molar-refractivity contribution in [1.29, 1.82) is 0 Å². The Kier molecular flexibility index (Phi) is 4.45. The van der Waals surface area contributed by atoms with E-state index in [0.29, 0.717) is 12.1 Å². The van der Waals surface area contributed by atoms with Crippen molar-refractivity contribution >= 4 is 17.2 Å². The number of thiophene rings is 1. The average molecular weight is 350 g/mol. The monoisotopic (exact) mass is 350 g/mol. The summed E-state index contributed by atoms with van der Waals surface area (Å²) in [5.74, 6) is -0.0220. The van der Waals surface area contributed by atoms with Gasteiger partial charge in [-0.2, -0.15) is 0 Å². The van der Waals surface area contributed by atoms with Crippen LogP contribution in [0, 0.1) is 6.92 Å². The van der Waals surface area contributed by atoms with E-state index in [1.807, 2.05) is 29.6 Å². The van der Waals surface area contributed by atoms with Gasteiger partial charge in [-0.1, -0.05) is 6.07 Å². The fourth-order valence-electron chi connectivity index (χ4n) is 3.66. The number of aromatic nitrogens is 1. The zero-order chi connectivity index (χ0) is 17.2. The predicted molar refractivity (Wildman–Crippen MR) is 103 cm³/mol. The van der Waals surface area contributed by atoms with Crippen LogP contribution in [0.5, 0.6) is 0 Å². The summed E-state index contributed by atoms with van der Waals surface area (Å²) in [6.07, 6.45) is 4.89. The molecule has 1 aliphatic carbocycles. The van der Waals surface area contributed by atoms with Crippen LogP contribution in [0.25, 0.3) is 5.69 Å². The Morgan fingerprint density at radius 3 is 2.72 bits per heavy atom.